The van der Waals surface area contributed by atoms with Crippen molar-refractivity contribution in [3.63, 3.8) is 0 Å². The standard InChI is InChI=1S/C36H71NO8/c1-3-5-7-8-9-10-11-12-13-14-15-16-18-20-29(39)21-19-22-30(40)26-28(37-33(41)23-17-6-4-2)24-25-31-34(42)36(44)35(43)32(27-38)45-31/h28-32,34-36,38-40,42-44H,3-27H2,1-2H3,(H,37,41)/t28-,29?,30+,31+,32+,34-,35-,36+/m0/s1. The van der Waals surface area contributed by atoms with Crippen LogP contribution in [0.4, 0.5) is 0 Å². The molecule has 0 bridgehead atoms. The van der Waals surface area contributed by atoms with Crippen LogP contribution in [0.15, 0.2) is 0 Å². The summed E-state index contributed by atoms with van der Waals surface area (Å²) in [6.07, 6.45) is 16.9. The Morgan fingerprint density at radius 3 is 1.69 bits per heavy atom. The molecule has 1 rings (SSSR count). The molecule has 1 aliphatic rings. The van der Waals surface area contributed by atoms with E-state index in [1.807, 2.05) is 0 Å². The van der Waals surface area contributed by atoms with Gasteiger partial charge in [0.1, 0.15) is 24.4 Å². The number of aliphatic hydroxyl groups is 6. The highest BCUT2D eigenvalue weighted by Gasteiger charge is 2.43. The molecule has 0 saturated carbocycles. The Kier molecular flexibility index (Phi) is 25.5. The highest BCUT2D eigenvalue weighted by atomic mass is 16.5. The molecule has 1 fully saturated rings. The fourth-order valence-electron chi connectivity index (χ4n) is 6.44. The Bertz CT molecular complexity index is 696. The summed E-state index contributed by atoms with van der Waals surface area (Å²) in [6.45, 7) is 3.85. The molecule has 1 aliphatic heterocycles. The third-order valence-corrected chi connectivity index (χ3v) is 9.44. The van der Waals surface area contributed by atoms with Crippen LogP contribution in [0.25, 0.3) is 0 Å². The zero-order chi connectivity index (χ0) is 33.3. The number of unbranched alkanes of at least 4 members (excludes halogenated alkanes) is 14. The molecule has 1 amide bonds. The van der Waals surface area contributed by atoms with E-state index in [0.29, 0.717) is 38.5 Å². The molecule has 0 aromatic carbocycles. The van der Waals surface area contributed by atoms with E-state index in [1.54, 1.807) is 0 Å². The minimum absolute atomic E-state index is 0.0809. The fraction of sp³-hybridized carbons (Fsp3) is 0.972. The lowest BCUT2D eigenvalue weighted by Crippen LogP contribution is -2.58. The lowest BCUT2D eigenvalue weighted by Gasteiger charge is -2.40. The zero-order valence-corrected chi connectivity index (χ0v) is 28.8. The van der Waals surface area contributed by atoms with E-state index < -0.39 is 43.2 Å². The number of nitrogens with one attached hydrogen (secondary N) is 1. The topological polar surface area (TPSA) is 160 Å². The molecular weight excluding hydrogens is 574 g/mol. The smallest absolute Gasteiger partial charge is 0.220 e. The molecule has 9 heteroatoms. The molecular formula is C36H71NO8. The molecule has 0 aromatic rings. The average Bonchev–Trinajstić information content (AvgIpc) is 3.01. The van der Waals surface area contributed by atoms with Crippen LogP contribution >= 0.6 is 0 Å². The first-order chi connectivity index (χ1) is 21.7. The second-order valence-corrected chi connectivity index (χ2v) is 13.7. The summed E-state index contributed by atoms with van der Waals surface area (Å²) in [5.41, 5.74) is 0. The van der Waals surface area contributed by atoms with Crippen molar-refractivity contribution in [3.05, 3.63) is 0 Å². The van der Waals surface area contributed by atoms with Crippen molar-refractivity contribution in [3.8, 4) is 0 Å². The SMILES string of the molecule is CCCCCCCCCCCCCCCC(O)CCC[C@@H](O)C[C@H](CC[C@H]1O[C@H](CO)[C@H](O)[C@H](O)[C@H]1O)NC(=O)CCCCC. The van der Waals surface area contributed by atoms with Crippen molar-refractivity contribution >= 4 is 5.91 Å². The van der Waals surface area contributed by atoms with Gasteiger partial charge in [0, 0.05) is 12.5 Å². The van der Waals surface area contributed by atoms with Crippen LogP contribution in [0.3, 0.4) is 0 Å². The Morgan fingerprint density at radius 2 is 1.11 bits per heavy atom. The summed E-state index contributed by atoms with van der Waals surface area (Å²) in [4.78, 5) is 12.6. The van der Waals surface area contributed by atoms with Crippen molar-refractivity contribution < 1.29 is 40.2 Å². The predicted molar refractivity (Wildman–Crippen MR) is 180 cm³/mol. The van der Waals surface area contributed by atoms with E-state index in [4.69, 9.17) is 4.74 Å². The van der Waals surface area contributed by atoms with E-state index in [0.717, 1.165) is 38.5 Å². The first kappa shape index (κ1) is 42.2. The summed E-state index contributed by atoms with van der Waals surface area (Å²) < 4.78 is 5.64. The minimum Gasteiger partial charge on any atom is -0.394 e. The van der Waals surface area contributed by atoms with Gasteiger partial charge in [-0.25, -0.2) is 0 Å². The molecule has 8 atom stereocenters. The van der Waals surface area contributed by atoms with Crippen molar-refractivity contribution in [2.75, 3.05) is 6.61 Å². The number of rotatable bonds is 29. The van der Waals surface area contributed by atoms with Crippen LogP contribution in [0.5, 0.6) is 0 Å². The van der Waals surface area contributed by atoms with Gasteiger partial charge in [-0.3, -0.25) is 4.79 Å². The quantitative estimate of drug-likeness (QED) is 0.0530. The first-order valence-corrected chi connectivity index (χ1v) is 18.7. The number of hydrogen-bond acceptors (Lipinski definition) is 8. The van der Waals surface area contributed by atoms with Crippen LogP contribution in [0, 0.1) is 0 Å². The maximum Gasteiger partial charge on any atom is 0.220 e. The number of ether oxygens (including phenoxy) is 1. The molecule has 0 aromatic heterocycles. The lowest BCUT2D eigenvalue weighted by molar-refractivity contribution is -0.230. The third kappa shape index (κ3) is 20.2. The molecule has 45 heavy (non-hydrogen) atoms. The van der Waals surface area contributed by atoms with E-state index in [9.17, 15) is 35.4 Å². The van der Waals surface area contributed by atoms with E-state index in [2.05, 4.69) is 19.2 Å². The van der Waals surface area contributed by atoms with Crippen molar-refractivity contribution in [2.45, 2.75) is 217 Å². The maximum atomic E-state index is 12.6. The number of aliphatic hydroxyl groups excluding tert-OH is 6. The Morgan fingerprint density at radius 1 is 0.622 bits per heavy atom. The monoisotopic (exact) mass is 646 g/mol. The predicted octanol–water partition coefficient (Wildman–Crippen LogP) is 5.44. The van der Waals surface area contributed by atoms with Gasteiger partial charge < -0.3 is 40.7 Å². The second-order valence-electron chi connectivity index (χ2n) is 13.7. The molecule has 7 N–H and O–H groups in total. The van der Waals surface area contributed by atoms with Gasteiger partial charge in [-0.2, -0.15) is 0 Å². The third-order valence-electron chi connectivity index (χ3n) is 9.44. The summed E-state index contributed by atoms with van der Waals surface area (Å²) >= 11 is 0. The lowest BCUT2D eigenvalue weighted by atomic mass is 9.90. The van der Waals surface area contributed by atoms with Gasteiger partial charge in [0.05, 0.1) is 24.9 Å². The van der Waals surface area contributed by atoms with Crippen molar-refractivity contribution in [1.82, 2.24) is 5.32 Å². The highest BCUT2D eigenvalue weighted by Crippen LogP contribution is 2.25. The van der Waals surface area contributed by atoms with Gasteiger partial charge in [0.15, 0.2) is 0 Å². The van der Waals surface area contributed by atoms with Gasteiger partial charge in [-0.15, -0.1) is 0 Å². The number of amides is 1. The van der Waals surface area contributed by atoms with Crippen molar-refractivity contribution in [1.29, 1.82) is 0 Å². The Labute approximate surface area is 274 Å². The molecule has 0 spiro atoms. The number of hydrogen-bond donors (Lipinski definition) is 7. The average molecular weight is 646 g/mol. The molecule has 0 aliphatic carbocycles. The van der Waals surface area contributed by atoms with E-state index in [-0.39, 0.29) is 24.5 Å². The van der Waals surface area contributed by atoms with E-state index >= 15 is 0 Å². The van der Waals surface area contributed by atoms with Crippen LogP contribution in [-0.4, -0.2) is 91.9 Å². The highest BCUT2D eigenvalue weighted by molar-refractivity contribution is 5.76. The molecule has 1 saturated heterocycles. The minimum atomic E-state index is -1.43. The van der Waals surface area contributed by atoms with Crippen LogP contribution in [0.1, 0.15) is 168 Å². The number of carbonyl (C=O) groups excluding carboxylic acids is 1. The first-order valence-electron chi connectivity index (χ1n) is 18.7. The fourth-order valence-corrected chi connectivity index (χ4v) is 6.44. The molecule has 1 unspecified atom stereocenters. The second kappa shape index (κ2) is 27.2. The Balaban J connectivity index is 2.31. The normalized spacial score (nSPS) is 24.0. The van der Waals surface area contributed by atoms with Gasteiger partial charge in [0.25, 0.3) is 0 Å². The van der Waals surface area contributed by atoms with E-state index in [1.165, 1.54) is 70.6 Å². The maximum absolute atomic E-state index is 12.6. The van der Waals surface area contributed by atoms with Gasteiger partial charge in [-0.1, -0.05) is 110 Å². The van der Waals surface area contributed by atoms with Gasteiger partial charge in [-0.05, 0) is 51.4 Å². The largest absolute Gasteiger partial charge is 0.394 e. The van der Waals surface area contributed by atoms with Crippen LogP contribution in [0.2, 0.25) is 0 Å². The van der Waals surface area contributed by atoms with Crippen LogP contribution < -0.4 is 5.32 Å². The van der Waals surface area contributed by atoms with Gasteiger partial charge >= 0.3 is 0 Å². The summed E-state index contributed by atoms with van der Waals surface area (Å²) in [6, 6.07) is -0.350. The zero-order valence-electron chi connectivity index (χ0n) is 28.8. The van der Waals surface area contributed by atoms with Crippen LogP contribution in [-0.2, 0) is 9.53 Å². The molecule has 268 valence electrons. The number of carbonyl (C=O) groups is 1. The molecule has 9 nitrogen and oxygen atoms in total. The summed E-state index contributed by atoms with van der Waals surface area (Å²) in [5.74, 6) is -0.0809. The molecule has 1 heterocycles. The molecule has 0 radical (unpaired) electrons. The Hall–Kier alpha value is -0.810. The summed E-state index contributed by atoms with van der Waals surface area (Å²) in [7, 11) is 0. The van der Waals surface area contributed by atoms with Gasteiger partial charge in [0.2, 0.25) is 5.91 Å². The summed E-state index contributed by atoms with van der Waals surface area (Å²) in [5, 5.41) is 64.3. The van der Waals surface area contributed by atoms with Crippen molar-refractivity contribution in [2.24, 2.45) is 0 Å².